The quantitative estimate of drug-likeness (QED) is 0.297. The van der Waals surface area contributed by atoms with E-state index in [-0.39, 0.29) is 23.9 Å². The number of unbranched alkanes of at least 4 members (excludes halogenated alkanes) is 1. The number of carbonyl (C=O) groups is 1. The monoisotopic (exact) mass is 585 g/mol. The number of hydrogen-bond donors (Lipinski definition) is 1. The Morgan fingerprint density at radius 1 is 1.17 bits per heavy atom. The summed E-state index contributed by atoms with van der Waals surface area (Å²) in [5.41, 5.74) is 3.74. The van der Waals surface area contributed by atoms with E-state index in [9.17, 15) is 14.0 Å². The van der Waals surface area contributed by atoms with Crippen LogP contribution in [0.25, 0.3) is 5.57 Å². The number of carboxylic acids is 1. The fourth-order valence-corrected chi connectivity index (χ4v) is 6.05. The van der Waals surface area contributed by atoms with Gasteiger partial charge in [0.2, 0.25) is 0 Å². The topological polar surface area (TPSA) is 93.9 Å². The van der Waals surface area contributed by atoms with Crippen molar-refractivity contribution in [1.82, 2.24) is 14.5 Å². The third-order valence-corrected chi connectivity index (χ3v) is 8.23. The number of aliphatic carboxylic acids is 1. The zero-order valence-electron chi connectivity index (χ0n) is 26.0. The largest absolute Gasteiger partial charge is 0.496 e. The van der Waals surface area contributed by atoms with Gasteiger partial charge in [-0.3, -0.25) is 14.2 Å². The smallest absolute Gasteiger partial charge is 0.303 e. The van der Waals surface area contributed by atoms with Crippen LogP contribution in [0.4, 0.5) is 4.39 Å². The van der Waals surface area contributed by atoms with Crippen molar-refractivity contribution in [3.63, 3.8) is 0 Å². The van der Waals surface area contributed by atoms with Gasteiger partial charge >= 0.3 is 5.97 Å². The Hall–Kier alpha value is -3.04. The molecule has 0 radical (unpaired) electrons. The highest BCUT2D eigenvalue weighted by Gasteiger charge is 2.27. The lowest BCUT2D eigenvalue weighted by molar-refractivity contribution is -0.137. The second-order valence-electron chi connectivity index (χ2n) is 10.8. The summed E-state index contributed by atoms with van der Waals surface area (Å²) in [6, 6.07) is 4.74. The van der Waals surface area contributed by atoms with Crippen LogP contribution in [0.2, 0.25) is 0 Å². The molecule has 4 rings (SSSR count). The van der Waals surface area contributed by atoms with Gasteiger partial charge in [-0.25, -0.2) is 9.37 Å². The van der Waals surface area contributed by atoms with Gasteiger partial charge in [-0.15, -0.1) is 0 Å². The maximum atomic E-state index is 13.7. The van der Waals surface area contributed by atoms with Crippen LogP contribution >= 0.6 is 0 Å². The average Bonchev–Trinajstić information content (AvgIpc) is 2.99. The molecule has 2 aliphatic heterocycles. The van der Waals surface area contributed by atoms with E-state index in [0.717, 1.165) is 62.1 Å². The zero-order chi connectivity index (χ0) is 30.6. The van der Waals surface area contributed by atoms with Crippen LogP contribution in [-0.2, 0) is 22.5 Å². The molecule has 2 aliphatic rings. The van der Waals surface area contributed by atoms with Crippen LogP contribution in [0, 0.1) is 18.7 Å². The molecular weight excluding hydrogens is 537 g/mol. The first-order valence-corrected chi connectivity index (χ1v) is 15.5. The fourth-order valence-electron chi connectivity index (χ4n) is 6.05. The van der Waals surface area contributed by atoms with E-state index in [1.807, 2.05) is 33.8 Å². The number of hydrogen-bond acceptors (Lipinski definition) is 6. The first kappa shape index (κ1) is 33.5. The van der Waals surface area contributed by atoms with Gasteiger partial charge in [-0.2, -0.15) is 0 Å². The Balaban J connectivity index is 0.00000237. The van der Waals surface area contributed by atoms with E-state index >= 15 is 0 Å². The number of aromatic nitrogens is 2. The van der Waals surface area contributed by atoms with E-state index in [1.54, 1.807) is 11.7 Å². The number of fused-ring (bicyclic) bond motifs is 1. The molecule has 42 heavy (non-hydrogen) atoms. The Bertz CT molecular complexity index is 1270. The highest BCUT2D eigenvalue weighted by Crippen LogP contribution is 2.37. The van der Waals surface area contributed by atoms with Gasteiger partial charge in [0.05, 0.1) is 7.11 Å². The molecule has 1 unspecified atom stereocenters. The lowest BCUT2D eigenvalue weighted by atomic mass is 9.84. The second-order valence-corrected chi connectivity index (χ2v) is 10.8. The van der Waals surface area contributed by atoms with Crippen molar-refractivity contribution >= 4 is 11.5 Å². The number of halogens is 1. The molecule has 2 aromatic rings. The number of methoxy groups -OCH3 is 1. The summed E-state index contributed by atoms with van der Waals surface area (Å²) in [5, 5.41) is 8.81. The molecule has 1 saturated heterocycles. The van der Waals surface area contributed by atoms with Gasteiger partial charge in [0.15, 0.2) is 0 Å². The summed E-state index contributed by atoms with van der Waals surface area (Å²) in [7, 11) is 1.58. The molecule has 3 heterocycles. The number of rotatable bonds is 12. The standard InChI is InChI=1S/C31H42FN3O5.C2H6/c1-4-24(26-11-10-23(32)20-28(26)39-3)22-12-16-34(17-13-22)18-14-25-21(2)33-30-27(8-7-15-35(30)31(25)38)40-19-6-5-9-29(36)37;1-2/h4,10-11,20,22,27H,5-9,12-19H2,1-3H3,(H,36,37);1-2H3/b24-4-;. The van der Waals surface area contributed by atoms with Crippen LogP contribution < -0.4 is 10.3 Å². The lowest BCUT2D eigenvalue weighted by Crippen LogP contribution is -2.38. The summed E-state index contributed by atoms with van der Waals surface area (Å²) >= 11 is 0. The summed E-state index contributed by atoms with van der Waals surface area (Å²) in [6.45, 7) is 11.7. The first-order chi connectivity index (χ1) is 20.3. The summed E-state index contributed by atoms with van der Waals surface area (Å²) in [4.78, 5) is 31.4. The van der Waals surface area contributed by atoms with E-state index < -0.39 is 5.97 Å². The number of likely N-dealkylation sites (tertiary alicyclic amines) is 1. The number of ether oxygens (including phenoxy) is 2. The predicted octanol–water partition coefficient (Wildman–Crippen LogP) is 6.19. The third-order valence-electron chi connectivity index (χ3n) is 8.23. The van der Waals surface area contributed by atoms with Crippen molar-refractivity contribution in [2.24, 2.45) is 5.92 Å². The van der Waals surface area contributed by atoms with Crippen molar-refractivity contribution in [2.75, 3.05) is 33.4 Å². The number of carboxylic acid groups (broad SMARTS) is 1. The molecule has 232 valence electrons. The van der Waals surface area contributed by atoms with Crippen molar-refractivity contribution in [3.05, 3.63) is 63.1 Å². The van der Waals surface area contributed by atoms with Crippen LogP contribution in [0.1, 0.15) is 94.5 Å². The summed E-state index contributed by atoms with van der Waals surface area (Å²) in [6.07, 6.45) is 7.60. The maximum Gasteiger partial charge on any atom is 0.303 e. The molecule has 1 N–H and O–H groups in total. The number of piperidine rings is 1. The minimum atomic E-state index is -0.794. The van der Waals surface area contributed by atoms with Gasteiger partial charge < -0.3 is 19.5 Å². The van der Waals surface area contributed by atoms with E-state index in [4.69, 9.17) is 19.6 Å². The highest BCUT2D eigenvalue weighted by atomic mass is 19.1. The van der Waals surface area contributed by atoms with E-state index in [0.29, 0.717) is 49.9 Å². The first-order valence-electron chi connectivity index (χ1n) is 15.5. The molecule has 1 fully saturated rings. The lowest BCUT2D eigenvalue weighted by Gasteiger charge is -2.34. The molecule has 0 spiro atoms. The Kier molecular flexibility index (Phi) is 13.2. The Labute approximate surface area is 249 Å². The third kappa shape index (κ3) is 8.51. The van der Waals surface area contributed by atoms with Crippen LogP contribution in [0.15, 0.2) is 29.1 Å². The minimum Gasteiger partial charge on any atom is -0.496 e. The molecule has 1 atom stereocenters. The van der Waals surface area contributed by atoms with Gasteiger partial charge in [0.25, 0.3) is 5.56 Å². The highest BCUT2D eigenvalue weighted by molar-refractivity contribution is 5.72. The molecule has 0 amide bonds. The van der Waals surface area contributed by atoms with Crippen molar-refractivity contribution < 1.29 is 23.8 Å². The normalized spacial score (nSPS) is 17.8. The van der Waals surface area contributed by atoms with Crippen LogP contribution in [0.3, 0.4) is 0 Å². The zero-order valence-corrected chi connectivity index (χ0v) is 26.0. The Morgan fingerprint density at radius 2 is 1.90 bits per heavy atom. The SMILES string of the molecule is C/C=C(\c1ccc(F)cc1OC)C1CCN(CCc2c(C)nc3n(c2=O)CCCC3OCCCCC(=O)O)CC1.CC. The fraction of sp³-hybridized carbons (Fsp3) is 0.606. The van der Waals surface area contributed by atoms with Gasteiger partial charge in [-0.1, -0.05) is 19.9 Å². The van der Waals surface area contributed by atoms with Crippen LogP contribution in [0.5, 0.6) is 5.75 Å². The average molecular weight is 586 g/mol. The number of nitrogens with zero attached hydrogens (tertiary/aromatic N) is 3. The predicted molar refractivity (Wildman–Crippen MR) is 163 cm³/mol. The Morgan fingerprint density at radius 3 is 2.57 bits per heavy atom. The van der Waals surface area contributed by atoms with Crippen LogP contribution in [-0.4, -0.2) is 58.9 Å². The van der Waals surface area contributed by atoms with Crippen molar-refractivity contribution in [3.8, 4) is 5.75 Å². The number of allylic oxidation sites excluding steroid dienone is 2. The van der Waals surface area contributed by atoms with E-state index in [2.05, 4.69) is 11.0 Å². The number of benzene rings is 1. The molecule has 0 aliphatic carbocycles. The molecular formula is C33H48FN3O5. The molecule has 1 aromatic heterocycles. The molecule has 8 nitrogen and oxygen atoms in total. The molecule has 1 aromatic carbocycles. The van der Waals surface area contributed by atoms with Gasteiger partial charge in [0.1, 0.15) is 23.5 Å². The summed E-state index contributed by atoms with van der Waals surface area (Å²) < 4.78 is 27.0. The van der Waals surface area contributed by atoms with Crippen molar-refractivity contribution in [2.45, 2.75) is 91.7 Å². The summed E-state index contributed by atoms with van der Waals surface area (Å²) in [5.74, 6) is 0.546. The van der Waals surface area contributed by atoms with Gasteiger partial charge in [-0.05, 0) is 95.5 Å². The molecule has 9 heteroatoms. The molecule has 0 bridgehead atoms. The number of aryl methyl sites for hydroxylation is 1. The van der Waals surface area contributed by atoms with Crippen molar-refractivity contribution in [1.29, 1.82) is 0 Å². The molecule has 0 saturated carbocycles. The second kappa shape index (κ2) is 16.6. The van der Waals surface area contributed by atoms with E-state index in [1.165, 1.54) is 17.7 Å². The maximum absolute atomic E-state index is 13.7. The minimum absolute atomic E-state index is 0.0381. The van der Waals surface area contributed by atoms with Gasteiger partial charge in [0, 0.05) is 49.0 Å².